The number of halogens is 1. The maximum atomic E-state index is 12.1. The molecule has 1 aromatic rings. The lowest BCUT2D eigenvalue weighted by Gasteiger charge is -2.19. The van der Waals surface area contributed by atoms with Crippen molar-refractivity contribution in [3.63, 3.8) is 0 Å². The van der Waals surface area contributed by atoms with E-state index in [4.69, 9.17) is 16.3 Å². The molecule has 0 aromatic heterocycles. The van der Waals surface area contributed by atoms with Crippen LogP contribution in [0.3, 0.4) is 0 Å². The number of rotatable bonds is 4. The van der Waals surface area contributed by atoms with Crippen molar-refractivity contribution in [1.82, 2.24) is 4.90 Å². The Morgan fingerprint density at radius 3 is 2.50 bits per heavy atom. The molecule has 1 fully saturated rings. The monoisotopic (exact) mass is 267 g/mol. The lowest BCUT2D eigenvalue weighted by molar-refractivity contribution is -0.129. The number of benzene rings is 1. The second-order valence-corrected chi connectivity index (χ2v) is 4.83. The molecule has 98 valence electrons. The third-order valence-electron chi connectivity index (χ3n) is 3.12. The minimum atomic E-state index is -0.584. The van der Waals surface area contributed by atoms with Gasteiger partial charge in [-0.05, 0) is 37.5 Å². The summed E-state index contributed by atoms with van der Waals surface area (Å²) in [6.07, 6.45) is 2.16. The van der Waals surface area contributed by atoms with Gasteiger partial charge in [0.05, 0.1) is 6.61 Å². The zero-order valence-corrected chi connectivity index (χ0v) is 11.3. The summed E-state index contributed by atoms with van der Waals surface area (Å²) < 4.78 is 5.36. The molecule has 2 rings (SSSR count). The Balaban J connectivity index is 2.03. The highest BCUT2D eigenvalue weighted by Crippen LogP contribution is 2.26. The van der Waals surface area contributed by atoms with E-state index in [1.165, 1.54) is 0 Å². The maximum Gasteiger partial charge on any atom is 0.245 e. The fraction of sp³-hybridized carbons (Fsp3) is 0.500. The van der Waals surface area contributed by atoms with Gasteiger partial charge in [-0.3, -0.25) is 4.79 Å². The van der Waals surface area contributed by atoms with Crippen LogP contribution in [0.4, 0.5) is 0 Å². The normalized spacial score (nSPS) is 16.7. The summed E-state index contributed by atoms with van der Waals surface area (Å²) in [4.78, 5) is 14.0. The van der Waals surface area contributed by atoms with E-state index in [-0.39, 0.29) is 5.91 Å². The molecular weight excluding hydrogens is 250 g/mol. The molecule has 0 N–H and O–H groups in total. The molecule has 1 aliphatic rings. The molecule has 18 heavy (non-hydrogen) atoms. The molecule has 1 unspecified atom stereocenters. The van der Waals surface area contributed by atoms with Crippen LogP contribution >= 0.6 is 11.6 Å². The largest absolute Gasteiger partial charge is 0.494 e. The van der Waals surface area contributed by atoms with Crippen molar-refractivity contribution < 1.29 is 9.53 Å². The Morgan fingerprint density at radius 1 is 1.33 bits per heavy atom. The van der Waals surface area contributed by atoms with Crippen molar-refractivity contribution in [2.45, 2.75) is 25.1 Å². The van der Waals surface area contributed by atoms with Crippen molar-refractivity contribution in [2.24, 2.45) is 0 Å². The van der Waals surface area contributed by atoms with Crippen molar-refractivity contribution in [3.05, 3.63) is 29.8 Å². The molecule has 0 saturated carbocycles. The zero-order valence-electron chi connectivity index (χ0n) is 10.6. The van der Waals surface area contributed by atoms with Crippen LogP contribution in [0.15, 0.2) is 24.3 Å². The molecule has 1 amide bonds. The van der Waals surface area contributed by atoms with E-state index in [0.29, 0.717) is 6.61 Å². The minimum Gasteiger partial charge on any atom is -0.494 e. The van der Waals surface area contributed by atoms with Gasteiger partial charge in [0, 0.05) is 13.1 Å². The van der Waals surface area contributed by atoms with Gasteiger partial charge in [-0.1, -0.05) is 12.1 Å². The topological polar surface area (TPSA) is 29.5 Å². The maximum absolute atomic E-state index is 12.1. The van der Waals surface area contributed by atoms with Gasteiger partial charge >= 0.3 is 0 Å². The fourth-order valence-electron chi connectivity index (χ4n) is 2.14. The molecule has 1 saturated heterocycles. The fourth-order valence-corrected chi connectivity index (χ4v) is 2.42. The van der Waals surface area contributed by atoms with E-state index in [1.807, 2.05) is 36.1 Å². The number of nitrogens with zero attached hydrogens (tertiary/aromatic N) is 1. The smallest absolute Gasteiger partial charge is 0.245 e. The van der Waals surface area contributed by atoms with Gasteiger partial charge in [-0.2, -0.15) is 0 Å². The molecule has 1 heterocycles. The second-order valence-electron chi connectivity index (χ2n) is 4.40. The molecule has 1 aromatic carbocycles. The Bertz CT molecular complexity index is 399. The summed E-state index contributed by atoms with van der Waals surface area (Å²) >= 11 is 6.23. The van der Waals surface area contributed by atoms with Crippen LogP contribution in [-0.2, 0) is 4.79 Å². The summed E-state index contributed by atoms with van der Waals surface area (Å²) in [7, 11) is 0. The van der Waals surface area contributed by atoms with Crippen LogP contribution in [0.5, 0.6) is 5.75 Å². The van der Waals surface area contributed by atoms with E-state index < -0.39 is 5.38 Å². The Labute approximate surface area is 113 Å². The van der Waals surface area contributed by atoms with Gasteiger partial charge in [-0.15, -0.1) is 11.6 Å². The predicted octanol–water partition coefficient (Wildman–Crippen LogP) is 2.99. The number of carbonyl (C=O) groups excluding carboxylic acids is 1. The number of hydrogen-bond donors (Lipinski definition) is 0. The number of amides is 1. The number of likely N-dealkylation sites (tertiary alicyclic amines) is 1. The molecule has 1 aliphatic heterocycles. The first-order valence-electron chi connectivity index (χ1n) is 6.38. The molecule has 0 radical (unpaired) electrons. The van der Waals surface area contributed by atoms with Crippen LogP contribution in [0, 0.1) is 0 Å². The Hall–Kier alpha value is -1.22. The Morgan fingerprint density at radius 2 is 1.94 bits per heavy atom. The number of hydrogen-bond acceptors (Lipinski definition) is 2. The van der Waals surface area contributed by atoms with Crippen LogP contribution in [-0.4, -0.2) is 30.5 Å². The highest BCUT2D eigenvalue weighted by molar-refractivity contribution is 6.30. The first kappa shape index (κ1) is 13.2. The van der Waals surface area contributed by atoms with E-state index in [0.717, 1.165) is 37.2 Å². The molecule has 0 bridgehead atoms. The average Bonchev–Trinajstić information content (AvgIpc) is 2.92. The van der Waals surface area contributed by atoms with Crippen molar-refractivity contribution >= 4 is 17.5 Å². The average molecular weight is 268 g/mol. The summed E-state index contributed by atoms with van der Waals surface area (Å²) in [6.45, 7) is 4.24. The first-order valence-corrected chi connectivity index (χ1v) is 6.81. The summed E-state index contributed by atoms with van der Waals surface area (Å²) in [6, 6.07) is 7.42. The standard InChI is InChI=1S/C14H18ClNO2/c1-2-18-12-7-5-11(6-8-12)13(15)14(17)16-9-3-4-10-16/h5-8,13H,2-4,9-10H2,1H3. The zero-order chi connectivity index (χ0) is 13.0. The lowest BCUT2D eigenvalue weighted by atomic mass is 10.1. The summed E-state index contributed by atoms with van der Waals surface area (Å²) in [5.41, 5.74) is 0.831. The van der Waals surface area contributed by atoms with Gasteiger partial charge in [0.2, 0.25) is 5.91 Å². The lowest BCUT2D eigenvalue weighted by Crippen LogP contribution is -2.30. The number of ether oxygens (including phenoxy) is 1. The van der Waals surface area contributed by atoms with Gasteiger partial charge in [-0.25, -0.2) is 0 Å². The molecule has 4 heteroatoms. The van der Waals surface area contributed by atoms with Crippen LogP contribution in [0.25, 0.3) is 0 Å². The predicted molar refractivity (Wildman–Crippen MR) is 72.0 cm³/mol. The number of carbonyl (C=O) groups is 1. The number of alkyl halides is 1. The minimum absolute atomic E-state index is 0.0123. The van der Waals surface area contributed by atoms with Crippen molar-refractivity contribution in [2.75, 3.05) is 19.7 Å². The van der Waals surface area contributed by atoms with E-state index in [1.54, 1.807) is 0 Å². The van der Waals surface area contributed by atoms with Gasteiger partial charge in [0.25, 0.3) is 0 Å². The SMILES string of the molecule is CCOc1ccc(C(Cl)C(=O)N2CCCC2)cc1. The molecule has 0 spiro atoms. The third-order valence-corrected chi connectivity index (χ3v) is 3.56. The summed E-state index contributed by atoms with van der Waals surface area (Å²) in [5.74, 6) is 0.817. The second kappa shape index (κ2) is 6.10. The highest BCUT2D eigenvalue weighted by Gasteiger charge is 2.25. The van der Waals surface area contributed by atoms with Crippen LogP contribution in [0.1, 0.15) is 30.7 Å². The molecular formula is C14H18ClNO2. The third kappa shape index (κ3) is 2.96. The summed E-state index contributed by atoms with van der Waals surface area (Å²) in [5, 5.41) is -0.584. The highest BCUT2D eigenvalue weighted by atomic mass is 35.5. The van der Waals surface area contributed by atoms with Crippen LogP contribution in [0.2, 0.25) is 0 Å². The van der Waals surface area contributed by atoms with Crippen LogP contribution < -0.4 is 4.74 Å². The van der Waals surface area contributed by atoms with Crippen molar-refractivity contribution in [3.8, 4) is 5.75 Å². The molecule has 0 aliphatic carbocycles. The molecule has 1 atom stereocenters. The van der Waals surface area contributed by atoms with Gasteiger partial charge < -0.3 is 9.64 Å². The first-order chi connectivity index (χ1) is 8.72. The quantitative estimate of drug-likeness (QED) is 0.785. The Kier molecular flexibility index (Phi) is 4.48. The van der Waals surface area contributed by atoms with Crippen molar-refractivity contribution in [1.29, 1.82) is 0 Å². The van der Waals surface area contributed by atoms with Gasteiger partial charge in [0.15, 0.2) is 0 Å². The van der Waals surface area contributed by atoms with Gasteiger partial charge in [0.1, 0.15) is 11.1 Å². The van der Waals surface area contributed by atoms with E-state index >= 15 is 0 Å². The van der Waals surface area contributed by atoms with E-state index in [2.05, 4.69) is 0 Å². The molecule has 3 nitrogen and oxygen atoms in total. The van der Waals surface area contributed by atoms with E-state index in [9.17, 15) is 4.79 Å².